The van der Waals surface area contributed by atoms with E-state index >= 15 is 0 Å². The van der Waals surface area contributed by atoms with Crippen molar-refractivity contribution in [2.24, 2.45) is 0 Å². The number of amides is 1. The number of halogens is 2. The maximum Gasteiger partial charge on any atom is 0.238 e. The Balaban J connectivity index is 1.81. The van der Waals surface area contributed by atoms with Gasteiger partial charge in [-0.3, -0.25) is 14.7 Å². The molecule has 0 atom stereocenters. The number of hydrogen-bond donors (Lipinski definition) is 1. The van der Waals surface area contributed by atoms with Gasteiger partial charge in [0.1, 0.15) is 11.6 Å². The van der Waals surface area contributed by atoms with E-state index in [1.54, 1.807) is 12.4 Å². The van der Waals surface area contributed by atoms with Crippen molar-refractivity contribution in [3.05, 3.63) is 59.9 Å². The summed E-state index contributed by atoms with van der Waals surface area (Å²) in [7, 11) is 1.81. The summed E-state index contributed by atoms with van der Waals surface area (Å²) in [4.78, 5) is 17.6. The zero-order valence-corrected chi connectivity index (χ0v) is 12.2. The second-order valence-electron chi connectivity index (χ2n) is 5.02. The van der Waals surface area contributed by atoms with Gasteiger partial charge < -0.3 is 5.32 Å². The Kier molecular flexibility index (Phi) is 5.55. The van der Waals surface area contributed by atoms with Gasteiger partial charge >= 0.3 is 0 Å². The van der Waals surface area contributed by atoms with Crippen molar-refractivity contribution >= 4 is 11.6 Å². The fourth-order valence-electron chi connectivity index (χ4n) is 1.97. The number of nitrogens with one attached hydrogen (secondary N) is 1. The molecule has 0 aliphatic heterocycles. The van der Waals surface area contributed by atoms with Crippen molar-refractivity contribution in [3.63, 3.8) is 0 Å². The molecular formula is C16H17F2N3O. The fourth-order valence-corrected chi connectivity index (χ4v) is 1.97. The second kappa shape index (κ2) is 7.61. The highest BCUT2D eigenvalue weighted by molar-refractivity contribution is 5.92. The molecule has 0 radical (unpaired) electrons. The predicted octanol–water partition coefficient (Wildman–Crippen LogP) is 2.47. The highest BCUT2D eigenvalue weighted by Gasteiger charge is 2.10. The Morgan fingerprint density at radius 3 is 2.64 bits per heavy atom. The highest BCUT2D eigenvalue weighted by atomic mass is 19.1. The van der Waals surface area contributed by atoms with Gasteiger partial charge in [-0.2, -0.15) is 0 Å². The first-order valence-electron chi connectivity index (χ1n) is 6.87. The molecule has 1 heterocycles. The lowest BCUT2D eigenvalue weighted by molar-refractivity contribution is -0.117. The molecule has 0 spiro atoms. The molecule has 4 nitrogen and oxygen atoms in total. The van der Waals surface area contributed by atoms with Gasteiger partial charge in [0.2, 0.25) is 5.91 Å². The molecule has 22 heavy (non-hydrogen) atoms. The first-order chi connectivity index (χ1) is 10.5. The molecule has 0 aliphatic carbocycles. The smallest absolute Gasteiger partial charge is 0.238 e. The minimum Gasteiger partial charge on any atom is -0.322 e. The number of carbonyl (C=O) groups is 1. The van der Waals surface area contributed by atoms with Crippen LogP contribution in [0.5, 0.6) is 0 Å². The van der Waals surface area contributed by atoms with E-state index in [0.29, 0.717) is 6.54 Å². The zero-order valence-electron chi connectivity index (χ0n) is 12.2. The average molecular weight is 305 g/mol. The number of pyridine rings is 1. The van der Waals surface area contributed by atoms with E-state index < -0.39 is 11.6 Å². The van der Waals surface area contributed by atoms with Gasteiger partial charge in [-0.15, -0.1) is 0 Å². The third kappa shape index (κ3) is 4.89. The van der Waals surface area contributed by atoms with Gasteiger partial charge in [-0.1, -0.05) is 0 Å². The molecule has 6 heteroatoms. The Hall–Kier alpha value is -2.34. The Morgan fingerprint density at radius 1 is 1.23 bits per heavy atom. The van der Waals surface area contributed by atoms with Crippen LogP contribution in [-0.2, 0) is 11.2 Å². The summed E-state index contributed by atoms with van der Waals surface area (Å²) in [6.45, 7) is 0.811. The van der Waals surface area contributed by atoms with Crippen molar-refractivity contribution in [2.75, 3.05) is 25.5 Å². The van der Waals surface area contributed by atoms with Gasteiger partial charge in [0.05, 0.1) is 12.2 Å². The molecule has 1 N–H and O–H groups in total. The fraction of sp³-hybridized carbons (Fsp3) is 0.250. The van der Waals surface area contributed by atoms with E-state index in [-0.39, 0.29) is 18.1 Å². The number of aromatic nitrogens is 1. The van der Waals surface area contributed by atoms with Gasteiger partial charge in [0, 0.05) is 25.0 Å². The van der Waals surface area contributed by atoms with Crippen molar-refractivity contribution in [2.45, 2.75) is 6.42 Å². The van der Waals surface area contributed by atoms with Crippen molar-refractivity contribution < 1.29 is 13.6 Å². The van der Waals surface area contributed by atoms with Crippen LogP contribution in [0.15, 0.2) is 42.7 Å². The van der Waals surface area contributed by atoms with Crippen LogP contribution in [0.2, 0.25) is 0 Å². The molecule has 1 amide bonds. The maximum atomic E-state index is 13.4. The van der Waals surface area contributed by atoms with Crippen LogP contribution in [0.3, 0.4) is 0 Å². The van der Waals surface area contributed by atoms with Crippen LogP contribution in [0.1, 0.15) is 5.56 Å². The first-order valence-corrected chi connectivity index (χ1v) is 6.87. The molecule has 0 unspecified atom stereocenters. The van der Waals surface area contributed by atoms with Crippen LogP contribution in [0.25, 0.3) is 0 Å². The van der Waals surface area contributed by atoms with Crippen LogP contribution in [0, 0.1) is 11.6 Å². The SMILES string of the molecule is CN(CCc1ccncc1)CC(=O)Nc1ccc(F)cc1F. The molecule has 0 bridgehead atoms. The van der Waals surface area contributed by atoms with Crippen molar-refractivity contribution in [1.29, 1.82) is 0 Å². The predicted molar refractivity (Wildman–Crippen MR) is 80.4 cm³/mol. The molecule has 0 fully saturated rings. The topological polar surface area (TPSA) is 45.2 Å². The molecule has 116 valence electrons. The molecule has 1 aromatic carbocycles. The molecular weight excluding hydrogens is 288 g/mol. The van der Waals surface area contributed by atoms with Gasteiger partial charge in [-0.05, 0) is 43.3 Å². The summed E-state index contributed by atoms with van der Waals surface area (Å²) in [5.74, 6) is -1.81. The van der Waals surface area contributed by atoms with Gasteiger partial charge in [0.25, 0.3) is 0 Å². The van der Waals surface area contributed by atoms with Crippen LogP contribution in [-0.4, -0.2) is 35.9 Å². The number of hydrogen-bond acceptors (Lipinski definition) is 3. The Labute approximate surface area is 127 Å². The second-order valence-corrected chi connectivity index (χ2v) is 5.02. The molecule has 1 aromatic heterocycles. The van der Waals surface area contributed by atoms with E-state index in [4.69, 9.17) is 0 Å². The van der Waals surface area contributed by atoms with Crippen LogP contribution >= 0.6 is 0 Å². The average Bonchev–Trinajstić information content (AvgIpc) is 2.49. The zero-order chi connectivity index (χ0) is 15.9. The third-order valence-corrected chi connectivity index (χ3v) is 3.15. The maximum absolute atomic E-state index is 13.4. The molecule has 0 aliphatic rings. The van der Waals surface area contributed by atoms with E-state index in [2.05, 4.69) is 10.3 Å². The molecule has 2 rings (SSSR count). The minimum atomic E-state index is -0.784. The summed E-state index contributed by atoms with van der Waals surface area (Å²) >= 11 is 0. The van der Waals surface area contributed by atoms with E-state index in [1.165, 1.54) is 6.07 Å². The number of anilines is 1. The summed E-state index contributed by atoms with van der Waals surface area (Å²) in [6, 6.07) is 6.89. The number of carbonyl (C=O) groups excluding carboxylic acids is 1. The first kappa shape index (κ1) is 16.0. The third-order valence-electron chi connectivity index (χ3n) is 3.15. The lowest BCUT2D eigenvalue weighted by atomic mass is 10.2. The van der Waals surface area contributed by atoms with Crippen molar-refractivity contribution in [3.8, 4) is 0 Å². The Bertz CT molecular complexity index is 635. The monoisotopic (exact) mass is 305 g/mol. The number of likely N-dealkylation sites (N-methyl/N-ethyl adjacent to an activating group) is 1. The molecule has 0 saturated carbocycles. The van der Waals surface area contributed by atoms with Crippen LogP contribution in [0.4, 0.5) is 14.5 Å². The minimum absolute atomic E-state index is 0.0195. The highest BCUT2D eigenvalue weighted by Crippen LogP contribution is 2.14. The van der Waals surface area contributed by atoms with Gasteiger partial charge in [-0.25, -0.2) is 8.78 Å². The van der Waals surface area contributed by atoms with E-state index in [1.807, 2.05) is 24.1 Å². The summed E-state index contributed by atoms with van der Waals surface area (Å²) in [6.07, 6.45) is 4.23. The normalized spacial score (nSPS) is 10.7. The quantitative estimate of drug-likeness (QED) is 0.892. The van der Waals surface area contributed by atoms with Crippen LogP contribution < -0.4 is 5.32 Å². The number of nitrogens with zero attached hydrogens (tertiary/aromatic N) is 2. The summed E-state index contributed by atoms with van der Waals surface area (Å²) in [5.41, 5.74) is 1.11. The van der Waals surface area contributed by atoms with E-state index in [9.17, 15) is 13.6 Å². The largest absolute Gasteiger partial charge is 0.322 e. The molecule has 2 aromatic rings. The Morgan fingerprint density at radius 2 is 1.95 bits per heavy atom. The lowest BCUT2D eigenvalue weighted by Crippen LogP contribution is -2.31. The standard InChI is InChI=1S/C16H17F2N3O/c1-21(9-6-12-4-7-19-8-5-12)11-16(22)20-15-3-2-13(17)10-14(15)18/h2-5,7-8,10H,6,9,11H2,1H3,(H,20,22). The summed E-state index contributed by atoms with van der Waals surface area (Å²) < 4.78 is 26.2. The lowest BCUT2D eigenvalue weighted by Gasteiger charge is -2.16. The molecule has 0 saturated heterocycles. The van der Waals surface area contributed by atoms with E-state index in [0.717, 1.165) is 24.1 Å². The number of rotatable bonds is 6. The van der Waals surface area contributed by atoms with Crippen molar-refractivity contribution in [1.82, 2.24) is 9.88 Å². The van der Waals surface area contributed by atoms with Gasteiger partial charge in [0.15, 0.2) is 0 Å². The number of benzene rings is 1. The summed E-state index contributed by atoms with van der Waals surface area (Å²) in [5, 5.41) is 2.43.